The van der Waals surface area contributed by atoms with Gasteiger partial charge in [0, 0.05) is 23.9 Å². The number of hydrogen-bond donors (Lipinski definition) is 1. The summed E-state index contributed by atoms with van der Waals surface area (Å²) in [4.78, 5) is 14.7. The van der Waals surface area contributed by atoms with Crippen molar-refractivity contribution in [2.24, 2.45) is 0 Å². The van der Waals surface area contributed by atoms with Gasteiger partial charge < -0.3 is 9.67 Å². The molecule has 0 aliphatic rings. The number of rotatable bonds is 4. The first-order chi connectivity index (χ1) is 6.47. The number of hydrogen-bond acceptors (Lipinski definition) is 2. The summed E-state index contributed by atoms with van der Waals surface area (Å²) >= 11 is 0. The first-order valence-corrected chi connectivity index (χ1v) is 4.70. The van der Waals surface area contributed by atoms with Crippen molar-refractivity contribution >= 4 is 5.97 Å². The van der Waals surface area contributed by atoms with Gasteiger partial charge in [-0.2, -0.15) is 0 Å². The van der Waals surface area contributed by atoms with Gasteiger partial charge in [0.2, 0.25) is 0 Å². The molecule has 0 fully saturated rings. The van der Waals surface area contributed by atoms with Crippen molar-refractivity contribution in [3.63, 3.8) is 0 Å². The van der Waals surface area contributed by atoms with E-state index < -0.39 is 5.97 Å². The van der Waals surface area contributed by atoms with E-state index in [1.165, 1.54) is 0 Å². The van der Waals surface area contributed by atoms with Gasteiger partial charge in [0.05, 0.1) is 12.7 Å². The van der Waals surface area contributed by atoms with E-state index in [1.54, 1.807) is 12.5 Å². The molecule has 0 amide bonds. The first-order valence-electron chi connectivity index (χ1n) is 4.70. The van der Waals surface area contributed by atoms with Gasteiger partial charge in [0.15, 0.2) is 0 Å². The van der Waals surface area contributed by atoms with Crippen LogP contribution in [0.4, 0.5) is 0 Å². The Balaban J connectivity index is 2.96. The molecule has 4 nitrogen and oxygen atoms in total. The number of aliphatic carboxylic acids is 1. The van der Waals surface area contributed by atoms with Crippen LogP contribution >= 0.6 is 0 Å². The summed E-state index contributed by atoms with van der Waals surface area (Å²) in [6.45, 7) is 6.68. The predicted molar refractivity (Wildman–Crippen MR) is 53.2 cm³/mol. The number of carboxylic acids is 1. The van der Waals surface area contributed by atoms with E-state index in [9.17, 15) is 4.79 Å². The average Bonchev–Trinajstić information content (AvgIpc) is 2.48. The van der Waals surface area contributed by atoms with Crippen LogP contribution in [0.2, 0.25) is 0 Å². The van der Waals surface area contributed by atoms with Crippen LogP contribution in [-0.4, -0.2) is 20.6 Å². The molecule has 0 saturated heterocycles. The molecule has 0 saturated carbocycles. The molecule has 1 rings (SSSR count). The van der Waals surface area contributed by atoms with Crippen LogP contribution in [-0.2, 0) is 16.8 Å². The van der Waals surface area contributed by atoms with Crippen LogP contribution in [0.1, 0.15) is 32.9 Å². The fourth-order valence-corrected chi connectivity index (χ4v) is 1.60. The highest BCUT2D eigenvalue weighted by molar-refractivity contribution is 5.68. The summed E-state index contributed by atoms with van der Waals surface area (Å²) in [7, 11) is 0. The lowest BCUT2D eigenvalue weighted by Gasteiger charge is -2.23. The lowest BCUT2D eigenvalue weighted by Crippen LogP contribution is -2.24. The smallest absolute Gasteiger partial charge is 0.304 e. The summed E-state index contributed by atoms with van der Waals surface area (Å²) in [5.41, 5.74) is 0.612. The van der Waals surface area contributed by atoms with Crippen molar-refractivity contribution in [2.45, 2.75) is 39.2 Å². The molecule has 0 atom stereocenters. The molecule has 1 aromatic heterocycles. The zero-order valence-electron chi connectivity index (χ0n) is 8.82. The van der Waals surface area contributed by atoms with Gasteiger partial charge in [-0.05, 0) is 6.92 Å². The molecule has 0 aliphatic heterocycles. The van der Waals surface area contributed by atoms with Crippen LogP contribution in [0.3, 0.4) is 0 Å². The molecule has 4 heteroatoms. The highest BCUT2D eigenvalue weighted by Gasteiger charge is 2.27. The Kier molecular flexibility index (Phi) is 2.93. The number of nitrogens with zero attached hydrogens (tertiary/aromatic N) is 2. The Morgan fingerprint density at radius 2 is 2.29 bits per heavy atom. The van der Waals surface area contributed by atoms with Crippen LogP contribution in [0.5, 0.6) is 0 Å². The summed E-state index contributed by atoms with van der Waals surface area (Å²) in [6, 6.07) is 0. The summed E-state index contributed by atoms with van der Waals surface area (Å²) in [5, 5.41) is 8.78. The SMILES string of the molecule is CCn1cncc1C(C)(C)CC(=O)O. The predicted octanol–water partition coefficient (Wildman–Crippen LogP) is 1.66. The molecular weight excluding hydrogens is 180 g/mol. The summed E-state index contributed by atoms with van der Waals surface area (Å²) in [6.07, 6.45) is 3.60. The average molecular weight is 196 g/mol. The molecule has 0 aliphatic carbocycles. The van der Waals surface area contributed by atoms with Crippen molar-refractivity contribution in [1.29, 1.82) is 0 Å². The van der Waals surface area contributed by atoms with Gasteiger partial charge in [-0.25, -0.2) is 4.98 Å². The fourth-order valence-electron chi connectivity index (χ4n) is 1.60. The summed E-state index contributed by atoms with van der Waals surface area (Å²) < 4.78 is 1.98. The van der Waals surface area contributed by atoms with Gasteiger partial charge in [-0.1, -0.05) is 13.8 Å². The molecule has 0 unspecified atom stereocenters. The minimum atomic E-state index is -0.779. The van der Waals surface area contributed by atoms with E-state index in [2.05, 4.69) is 4.98 Å². The van der Waals surface area contributed by atoms with Crippen molar-refractivity contribution in [1.82, 2.24) is 9.55 Å². The Labute approximate surface area is 83.6 Å². The summed E-state index contributed by atoms with van der Waals surface area (Å²) in [5.74, 6) is -0.779. The van der Waals surface area contributed by atoms with Gasteiger partial charge in [-0.3, -0.25) is 4.79 Å². The lowest BCUT2D eigenvalue weighted by atomic mass is 9.86. The van der Waals surface area contributed by atoms with Gasteiger partial charge in [-0.15, -0.1) is 0 Å². The first kappa shape index (κ1) is 10.8. The second kappa shape index (κ2) is 3.82. The number of aromatic nitrogens is 2. The van der Waals surface area contributed by atoms with E-state index in [0.29, 0.717) is 0 Å². The van der Waals surface area contributed by atoms with Crippen molar-refractivity contribution in [3.8, 4) is 0 Å². The molecule has 1 heterocycles. The highest BCUT2D eigenvalue weighted by atomic mass is 16.4. The van der Waals surface area contributed by atoms with Crippen LogP contribution in [0, 0.1) is 0 Å². The number of imidazole rings is 1. The van der Waals surface area contributed by atoms with E-state index in [-0.39, 0.29) is 11.8 Å². The molecule has 0 aromatic carbocycles. The third-order valence-corrected chi connectivity index (χ3v) is 2.34. The van der Waals surface area contributed by atoms with E-state index >= 15 is 0 Å². The Morgan fingerprint density at radius 1 is 1.64 bits per heavy atom. The monoisotopic (exact) mass is 196 g/mol. The van der Waals surface area contributed by atoms with E-state index in [1.807, 2.05) is 25.3 Å². The van der Waals surface area contributed by atoms with E-state index in [0.717, 1.165) is 12.2 Å². The fraction of sp³-hybridized carbons (Fsp3) is 0.600. The Hall–Kier alpha value is -1.32. The van der Waals surface area contributed by atoms with E-state index in [4.69, 9.17) is 5.11 Å². The quantitative estimate of drug-likeness (QED) is 0.796. The molecule has 78 valence electrons. The maximum absolute atomic E-state index is 10.7. The number of carbonyl (C=O) groups is 1. The van der Waals surface area contributed by atoms with Gasteiger partial charge in [0.25, 0.3) is 0 Å². The normalized spacial score (nSPS) is 11.6. The zero-order chi connectivity index (χ0) is 10.8. The largest absolute Gasteiger partial charge is 0.481 e. The standard InChI is InChI=1S/C10H16N2O2/c1-4-12-7-11-6-8(12)10(2,3)5-9(13)14/h6-7H,4-5H2,1-3H3,(H,13,14). The van der Waals surface area contributed by atoms with Gasteiger partial charge in [0.1, 0.15) is 0 Å². The third-order valence-electron chi connectivity index (χ3n) is 2.34. The Morgan fingerprint density at radius 3 is 2.79 bits per heavy atom. The van der Waals surface area contributed by atoms with Crippen molar-refractivity contribution < 1.29 is 9.90 Å². The zero-order valence-corrected chi connectivity index (χ0v) is 8.82. The van der Waals surface area contributed by atoms with Gasteiger partial charge >= 0.3 is 5.97 Å². The topological polar surface area (TPSA) is 55.1 Å². The van der Waals surface area contributed by atoms with Crippen LogP contribution in [0.15, 0.2) is 12.5 Å². The molecular formula is C10H16N2O2. The minimum absolute atomic E-state index is 0.124. The molecule has 14 heavy (non-hydrogen) atoms. The molecule has 1 N–H and O–H groups in total. The molecule has 1 aromatic rings. The highest BCUT2D eigenvalue weighted by Crippen LogP contribution is 2.26. The minimum Gasteiger partial charge on any atom is -0.481 e. The maximum Gasteiger partial charge on any atom is 0.304 e. The lowest BCUT2D eigenvalue weighted by molar-refractivity contribution is -0.138. The van der Waals surface area contributed by atoms with Crippen molar-refractivity contribution in [2.75, 3.05) is 0 Å². The third kappa shape index (κ3) is 2.13. The number of carboxylic acid groups (broad SMARTS) is 1. The van der Waals surface area contributed by atoms with Crippen LogP contribution in [0.25, 0.3) is 0 Å². The second-order valence-electron chi connectivity index (χ2n) is 4.02. The molecule has 0 radical (unpaired) electrons. The second-order valence-corrected chi connectivity index (χ2v) is 4.02. The molecule has 0 spiro atoms. The Bertz CT molecular complexity index is 329. The van der Waals surface area contributed by atoms with Crippen LogP contribution < -0.4 is 0 Å². The number of aryl methyl sites for hydroxylation is 1. The maximum atomic E-state index is 10.7. The van der Waals surface area contributed by atoms with Crippen molar-refractivity contribution in [3.05, 3.63) is 18.2 Å². The molecule has 0 bridgehead atoms.